The van der Waals surface area contributed by atoms with E-state index in [2.05, 4.69) is 0 Å². The van der Waals surface area contributed by atoms with Crippen LogP contribution in [0.25, 0.3) is 0 Å². The van der Waals surface area contributed by atoms with E-state index in [1.165, 1.54) is 0 Å². The van der Waals surface area contributed by atoms with E-state index in [0.717, 1.165) is 0 Å². The quantitative estimate of drug-likeness (QED) is 0.649. The Balaban J connectivity index is 2.67. The number of hydrogen-bond donors (Lipinski definition) is 0. The molecule has 0 spiro atoms. The smallest absolute Gasteiger partial charge is 0.186 e. The molecule has 84 valence electrons. The molecular formula is C9H18O5. The van der Waals surface area contributed by atoms with Crippen molar-refractivity contribution >= 4 is 0 Å². The Hall–Kier alpha value is -0.200. The Kier molecular flexibility index (Phi) is 4.77. The number of ether oxygens (including phenoxy) is 5. The van der Waals surface area contributed by atoms with Crippen LogP contribution in [0.2, 0.25) is 0 Å². The fourth-order valence-electron chi connectivity index (χ4n) is 1.68. The monoisotopic (exact) mass is 206 g/mol. The minimum atomic E-state index is -0.392. The molecule has 1 saturated heterocycles. The Morgan fingerprint density at radius 1 is 0.857 bits per heavy atom. The first kappa shape index (κ1) is 11.9. The first-order valence-electron chi connectivity index (χ1n) is 4.51. The van der Waals surface area contributed by atoms with Crippen molar-refractivity contribution in [1.29, 1.82) is 0 Å². The molecule has 0 aromatic rings. The summed E-state index contributed by atoms with van der Waals surface area (Å²) in [5.74, 6) is 0. The van der Waals surface area contributed by atoms with Gasteiger partial charge in [0.2, 0.25) is 0 Å². The molecule has 0 aliphatic carbocycles. The van der Waals surface area contributed by atoms with E-state index >= 15 is 0 Å². The van der Waals surface area contributed by atoms with Crippen molar-refractivity contribution in [3.63, 3.8) is 0 Å². The van der Waals surface area contributed by atoms with Gasteiger partial charge in [-0.05, 0) is 0 Å². The average Bonchev–Trinajstić information content (AvgIpc) is 2.26. The van der Waals surface area contributed by atoms with Crippen molar-refractivity contribution in [2.45, 2.75) is 24.6 Å². The Morgan fingerprint density at radius 3 is 1.93 bits per heavy atom. The van der Waals surface area contributed by atoms with Gasteiger partial charge in [0, 0.05) is 28.4 Å². The molecule has 1 aliphatic heterocycles. The largest absolute Gasteiger partial charge is 0.376 e. The fourth-order valence-corrected chi connectivity index (χ4v) is 1.68. The third kappa shape index (κ3) is 2.24. The van der Waals surface area contributed by atoms with Gasteiger partial charge in [0.1, 0.15) is 18.3 Å². The SMILES string of the molecule is COC1COC(OC)C(OC)C1OC. The predicted octanol–water partition coefficient (Wildman–Crippen LogP) is 0.0341. The summed E-state index contributed by atoms with van der Waals surface area (Å²) in [4.78, 5) is 0. The summed E-state index contributed by atoms with van der Waals surface area (Å²) in [5, 5.41) is 0. The molecule has 0 aromatic heterocycles. The molecule has 5 nitrogen and oxygen atoms in total. The Bertz CT molecular complexity index is 145. The van der Waals surface area contributed by atoms with Gasteiger partial charge in [0.05, 0.1) is 6.61 Å². The lowest BCUT2D eigenvalue weighted by Crippen LogP contribution is -2.55. The number of rotatable bonds is 4. The van der Waals surface area contributed by atoms with Crippen LogP contribution in [0.5, 0.6) is 0 Å². The van der Waals surface area contributed by atoms with Crippen molar-refractivity contribution < 1.29 is 23.7 Å². The molecule has 0 saturated carbocycles. The van der Waals surface area contributed by atoms with Gasteiger partial charge in [-0.3, -0.25) is 0 Å². The first-order chi connectivity index (χ1) is 6.78. The second-order valence-electron chi connectivity index (χ2n) is 3.11. The van der Waals surface area contributed by atoms with Crippen molar-refractivity contribution in [3.05, 3.63) is 0 Å². The summed E-state index contributed by atoms with van der Waals surface area (Å²) in [6, 6.07) is 0. The maximum Gasteiger partial charge on any atom is 0.186 e. The van der Waals surface area contributed by atoms with Crippen molar-refractivity contribution in [2.24, 2.45) is 0 Å². The molecule has 1 heterocycles. The zero-order chi connectivity index (χ0) is 10.6. The molecule has 1 aliphatic rings. The van der Waals surface area contributed by atoms with Crippen LogP contribution in [0.4, 0.5) is 0 Å². The van der Waals surface area contributed by atoms with Crippen LogP contribution >= 0.6 is 0 Å². The summed E-state index contributed by atoms with van der Waals surface area (Å²) in [7, 11) is 6.43. The van der Waals surface area contributed by atoms with Crippen LogP contribution in [0.3, 0.4) is 0 Å². The lowest BCUT2D eigenvalue weighted by atomic mass is 10.0. The lowest BCUT2D eigenvalue weighted by molar-refractivity contribution is -0.276. The van der Waals surface area contributed by atoms with Gasteiger partial charge in [0.15, 0.2) is 6.29 Å². The second kappa shape index (κ2) is 5.63. The molecule has 1 rings (SSSR count). The van der Waals surface area contributed by atoms with E-state index < -0.39 is 6.29 Å². The molecule has 0 radical (unpaired) electrons. The Labute approximate surface area is 84.2 Å². The number of methoxy groups -OCH3 is 4. The van der Waals surface area contributed by atoms with E-state index in [1.807, 2.05) is 0 Å². The topological polar surface area (TPSA) is 46.2 Å². The molecule has 0 N–H and O–H groups in total. The van der Waals surface area contributed by atoms with Crippen LogP contribution in [-0.4, -0.2) is 59.6 Å². The molecule has 1 fully saturated rings. The van der Waals surface area contributed by atoms with E-state index in [0.29, 0.717) is 6.61 Å². The van der Waals surface area contributed by atoms with Gasteiger partial charge in [0.25, 0.3) is 0 Å². The highest BCUT2D eigenvalue weighted by molar-refractivity contribution is 4.85. The third-order valence-corrected chi connectivity index (χ3v) is 2.46. The maximum absolute atomic E-state index is 5.41. The van der Waals surface area contributed by atoms with E-state index in [4.69, 9.17) is 23.7 Å². The standard InChI is InChI=1S/C9H18O5/c1-10-6-5-14-9(13-4)8(12-3)7(6)11-2/h6-9H,5H2,1-4H3. The molecule has 0 bridgehead atoms. The van der Waals surface area contributed by atoms with Crippen molar-refractivity contribution in [2.75, 3.05) is 35.0 Å². The predicted molar refractivity (Wildman–Crippen MR) is 49.1 cm³/mol. The average molecular weight is 206 g/mol. The summed E-state index contributed by atoms with van der Waals surface area (Å²) in [6.45, 7) is 0.452. The van der Waals surface area contributed by atoms with Gasteiger partial charge in [-0.2, -0.15) is 0 Å². The van der Waals surface area contributed by atoms with Gasteiger partial charge >= 0.3 is 0 Å². The fraction of sp³-hybridized carbons (Fsp3) is 1.00. The van der Waals surface area contributed by atoms with Gasteiger partial charge in [-0.15, -0.1) is 0 Å². The summed E-state index contributed by atoms with van der Waals surface area (Å²) >= 11 is 0. The molecule has 4 atom stereocenters. The highest BCUT2D eigenvalue weighted by atomic mass is 16.7. The van der Waals surface area contributed by atoms with E-state index in [1.54, 1.807) is 28.4 Å². The minimum Gasteiger partial charge on any atom is -0.376 e. The van der Waals surface area contributed by atoms with E-state index in [-0.39, 0.29) is 18.3 Å². The maximum atomic E-state index is 5.41. The summed E-state index contributed by atoms with van der Waals surface area (Å²) in [6.07, 6.45) is -0.930. The normalized spacial score (nSPS) is 38.6. The first-order valence-corrected chi connectivity index (χ1v) is 4.51. The summed E-state index contributed by atoms with van der Waals surface area (Å²) < 4.78 is 26.4. The molecule has 4 unspecified atom stereocenters. The van der Waals surface area contributed by atoms with Gasteiger partial charge < -0.3 is 23.7 Å². The highest BCUT2D eigenvalue weighted by Crippen LogP contribution is 2.22. The van der Waals surface area contributed by atoms with Crippen LogP contribution in [0.1, 0.15) is 0 Å². The van der Waals surface area contributed by atoms with Gasteiger partial charge in [-0.1, -0.05) is 0 Å². The zero-order valence-electron chi connectivity index (χ0n) is 9.06. The van der Waals surface area contributed by atoms with Gasteiger partial charge in [-0.25, -0.2) is 0 Å². The Morgan fingerprint density at radius 2 is 1.50 bits per heavy atom. The minimum absolute atomic E-state index is 0.114. The summed E-state index contributed by atoms with van der Waals surface area (Å²) in [5.41, 5.74) is 0. The molecule has 0 amide bonds. The molecule has 14 heavy (non-hydrogen) atoms. The van der Waals surface area contributed by atoms with Crippen LogP contribution in [0.15, 0.2) is 0 Å². The molecule has 5 heteroatoms. The highest BCUT2D eigenvalue weighted by Gasteiger charge is 2.41. The molecule has 0 aromatic carbocycles. The van der Waals surface area contributed by atoms with Crippen LogP contribution in [0, 0.1) is 0 Å². The molecular weight excluding hydrogens is 188 g/mol. The van der Waals surface area contributed by atoms with Crippen LogP contribution < -0.4 is 0 Å². The lowest BCUT2D eigenvalue weighted by Gasteiger charge is -2.39. The van der Waals surface area contributed by atoms with Crippen molar-refractivity contribution in [1.82, 2.24) is 0 Å². The van der Waals surface area contributed by atoms with Crippen molar-refractivity contribution in [3.8, 4) is 0 Å². The van der Waals surface area contributed by atoms with Crippen LogP contribution in [-0.2, 0) is 23.7 Å². The van der Waals surface area contributed by atoms with E-state index in [9.17, 15) is 0 Å². The zero-order valence-corrected chi connectivity index (χ0v) is 9.06. The number of hydrogen-bond acceptors (Lipinski definition) is 5. The second-order valence-corrected chi connectivity index (χ2v) is 3.11. The third-order valence-electron chi connectivity index (χ3n) is 2.46.